The zero-order chi connectivity index (χ0) is 33.5. The number of carbonyl (C=O) groups is 6. The highest BCUT2D eigenvalue weighted by molar-refractivity contribution is 5.98. The Hall–Kier alpha value is -5.20. The number of carbonyl (C=O) groups excluding carboxylic acids is 5. The minimum absolute atomic E-state index is 0.0744. The van der Waals surface area contributed by atoms with E-state index in [-0.39, 0.29) is 37.5 Å². The molecule has 4 rings (SSSR count). The first kappa shape index (κ1) is 33.7. The predicted octanol–water partition coefficient (Wildman–Crippen LogP) is 0.797. The van der Waals surface area contributed by atoms with Crippen LogP contribution in [-0.4, -0.2) is 81.7 Å². The van der Waals surface area contributed by atoms with Crippen LogP contribution in [-0.2, 0) is 48.0 Å². The van der Waals surface area contributed by atoms with Crippen molar-refractivity contribution >= 4 is 46.4 Å². The van der Waals surface area contributed by atoms with Crippen LogP contribution < -0.4 is 21.7 Å². The maximum atomic E-state index is 13.6. The second-order valence-electron chi connectivity index (χ2n) is 12.1. The van der Waals surface area contributed by atoms with Gasteiger partial charge in [0.25, 0.3) is 0 Å². The van der Waals surface area contributed by atoms with Gasteiger partial charge < -0.3 is 36.7 Å². The highest BCUT2D eigenvalue weighted by atomic mass is 16.4. The normalized spacial score (nSPS) is 16.3. The maximum absolute atomic E-state index is 13.6. The molecule has 3 aromatic rings. The summed E-state index contributed by atoms with van der Waals surface area (Å²) in [6.45, 7) is 3.68. The van der Waals surface area contributed by atoms with Crippen LogP contribution in [0.5, 0.6) is 0 Å². The summed E-state index contributed by atoms with van der Waals surface area (Å²) in [5.74, 6) is -4.79. The summed E-state index contributed by atoms with van der Waals surface area (Å²) in [7, 11) is 1.32. The van der Waals surface area contributed by atoms with E-state index in [2.05, 4.69) is 20.9 Å². The lowest BCUT2D eigenvalue weighted by Gasteiger charge is -2.31. The molecular formula is C33H40N6O7. The van der Waals surface area contributed by atoms with E-state index in [0.717, 1.165) is 32.5 Å². The van der Waals surface area contributed by atoms with Crippen LogP contribution in [0.4, 0.5) is 0 Å². The number of aliphatic carboxylic acids is 1. The van der Waals surface area contributed by atoms with Crippen LogP contribution in [0, 0.1) is 5.92 Å². The second kappa shape index (κ2) is 14.7. The summed E-state index contributed by atoms with van der Waals surface area (Å²) in [5, 5.41) is 18.4. The van der Waals surface area contributed by atoms with Crippen LogP contribution in [0.25, 0.3) is 10.9 Å². The molecule has 0 saturated heterocycles. The highest BCUT2D eigenvalue weighted by Crippen LogP contribution is 2.26. The molecular weight excluding hydrogens is 592 g/mol. The fourth-order valence-corrected chi connectivity index (χ4v) is 5.78. The van der Waals surface area contributed by atoms with E-state index in [0.29, 0.717) is 0 Å². The van der Waals surface area contributed by atoms with Gasteiger partial charge in [0.1, 0.15) is 24.2 Å². The van der Waals surface area contributed by atoms with E-state index < -0.39 is 60.2 Å². The SMILES string of the molecule is CC(C)CC(NC(=O)C1Cc2c[nH]c3cccc(c23)CC(=O)N1)C(=O)NC(CC(=O)O)C(=O)N(C)C(Cc1ccccc1)C(N)=O. The number of nitrogens with zero attached hydrogens (tertiary/aromatic N) is 1. The zero-order valence-electron chi connectivity index (χ0n) is 26.0. The Kier molecular flexibility index (Phi) is 10.8. The first-order valence-corrected chi connectivity index (χ1v) is 15.1. The molecule has 0 radical (unpaired) electrons. The average molecular weight is 633 g/mol. The number of nitrogens with one attached hydrogen (secondary N) is 4. The number of amides is 5. The third-order valence-electron chi connectivity index (χ3n) is 8.05. The molecule has 1 aromatic heterocycles. The lowest BCUT2D eigenvalue weighted by atomic mass is 9.95. The Labute approximate surface area is 266 Å². The predicted molar refractivity (Wildman–Crippen MR) is 169 cm³/mol. The van der Waals surface area contributed by atoms with Crippen molar-refractivity contribution in [3.63, 3.8) is 0 Å². The first-order chi connectivity index (χ1) is 21.8. The summed E-state index contributed by atoms with van der Waals surface area (Å²) >= 11 is 0. The van der Waals surface area contributed by atoms with Crippen molar-refractivity contribution < 1.29 is 33.9 Å². The number of hydrogen-bond donors (Lipinski definition) is 6. The Bertz CT molecular complexity index is 1620. The smallest absolute Gasteiger partial charge is 0.305 e. The lowest BCUT2D eigenvalue weighted by Crippen LogP contribution is -2.59. The molecule has 0 saturated carbocycles. The van der Waals surface area contributed by atoms with Crippen molar-refractivity contribution in [3.05, 3.63) is 71.4 Å². The fraction of sp³-hybridized carbons (Fsp3) is 0.394. The molecule has 2 aromatic carbocycles. The molecule has 13 heteroatoms. The third kappa shape index (κ3) is 8.29. The minimum Gasteiger partial charge on any atom is -0.481 e. The van der Waals surface area contributed by atoms with E-state index in [1.165, 1.54) is 7.05 Å². The number of aromatic amines is 1. The van der Waals surface area contributed by atoms with E-state index in [4.69, 9.17) is 5.73 Å². The number of rotatable bonds is 13. The van der Waals surface area contributed by atoms with Crippen molar-refractivity contribution in [2.24, 2.45) is 11.7 Å². The molecule has 4 atom stereocenters. The molecule has 5 amide bonds. The molecule has 2 heterocycles. The summed E-state index contributed by atoms with van der Waals surface area (Å²) < 4.78 is 0. The van der Waals surface area contributed by atoms with Crippen LogP contribution >= 0.6 is 0 Å². The topological polar surface area (TPSA) is 204 Å². The lowest BCUT2D eigenvalue weighted by molar-refractivity contribution is -0.146. The van der Waals surface area contributed by atoms with Crippen molar-refractivity contribution in [1.29, 1.82) is 0 Å². The average Bonchev–Trinajstić information content (AvgIpc) is 3.40. The summed E-state index contributed by atoms with van der Waals surface area (Å²) in [6.07, 6.45) is 1.52. The summed E-state index contributed by atoms with van der Waals surface area (Å²) in [5.41, 5.74) is 8.87. The van der Waals surface area contributed by atoms with Gasteiger partial charge in [-0.05, 0) is 35.1 Å². The van der Waals surface area contributed by atoms with Crippen molar-refractivity contribution in [3.8, 4) is 0 Å². The molecule has 4 unspecified atom stereocenters. The number of carboxylic acid groups (broad SMARTS) is 1. The number of H-pyrrole nitrogens is 1. The molecule has 7 N–H and O–H groups in total. The van der Waals surface area contributed by atoms with Crippen LogP contribution in [0.2, 0.25) is 0 Å². The second-order valence-corrected chi connectivity index (χ2v) is 12.1. The van der Waals surface area contributed by atoms with Crippen LogP contribution in [0.15, 0.2) is 54.7 Å². The van der Waals surface area contributed by atoms with Gasteiger partial charge in [-0.25, -0.2) is 0 Å². The standard InChI is InChI=1S/C33H40N6O7/c1-18(2)12-23(37-32(45)24-14-21-17-35-22-11-7-10-20(29(21)22)15-27(40)36-24)31(44)38-25(16-28(41)42)33(46)39(3)26(30(34)43)13-19-8-5-4-6-9-19/h4-11,17-18,23-26,35H,12-16H2,1-3H3,(H2,34,43)(H,36,40)(H,37,45)(H,38,44)(H,41,42). The molecule has 0 fully saturated rings. The van der Waals surface area contributed by atoms with E-state index in [1.807, 2.05) is 32.0 Å². The summed E-state index contributed by atoms with van der Waals surface area (Å²) in [6, 6.07) is 9.67. The molecule has 13 nitrogen and oxygen atoms in total. The van der Waals surface area contributed by atoms with E-state index in [9.17, 15) is 33.9 Å². The number of carboxylic acids is 1. The number of nitrogens with two attached hydrogens (primary N) is 1. The van der Waals surface area contributed by atoms with Crippen LogP contribution in [0.3, 0.4) is 0 Å². The van der Waals surface area contributed by atoms with Gasteiger partial charge in [-0.15, -0.1) is 0 Å². The Morgan fingerprint density at radius 3 is 2.37 bits per heavy atom. The number of hydrogen-bond acceptors (Lipinski definition) is 6. The van der Waals surface area contributed by atoms with Crippen molar-refractivity contribution in [2.75, 3.05) is 7.05 Å². The zero-order valence-corrected chi connectivity index (χ0v) is 26.0. The number of likely N-dealkylation sites (N-methyl/N-ethyl adjacent to an activating group) is 1. The number of aromatic nitrogens is 1. The van der Waals surface area contributed by atoms with E-state index >= 15 is 0 Å². The van der Waals surface area contributed by atoms with Crippen molar-refractivity contribution in [1.82, 2.24) is 25.8 Å². The van der Waals surface area contributed by atoms with Crippen LogP contribution in [0.1, 0.15) is 43.4 Å². The maximum Gasteiger partial charge on any atom is 0.305 e. The van der Waals surface area contributed by atoms with Gasteiger partial charge >= 0.3 is 5.97 Å². The Morgan fingerprint density at radius 2 is 1.72 bits per heavy atom. The third-order valence-corrected chi connectivity index (χ3v) is 8.05. The van der Waals surface area contributed by atoms with Gasteiger partial charge in [-0.3, -0.25) is 28.8 Å². The molecule has 0 spiro atoms. The molecule has 0 bridgehead atoms. The number of benzene rings is 2. The van der Waals surface area contributed by atoms with Gasteiger partial charge in [0.15, 0.2) is 0 Å². The molecule has 0 aliphatic carbocycles. The van der Waals surface area contributed by atoms with Gasteiger partial charge in [0.05, 0.1) is 12.8 Å². The highest BCUT2D eigenvalue weighted by Gasteiger charge is 2.35. The fourth-order valence-electron chi connectivity index (χ4n) is 5.78. The number of primary amides is 1. The molecule has 1 aliphatic heterocycles. The molecule has 46 heavy (non-hydrogen) atoms. The van der Waals surface area contributed by atoms with Gasteiger partial charge in [-0.2, -0.15) is 0 Å². The monoisotopic (exact) mass is 632 g/mol. The largest absolute Gasteiger partial charge is 0.481 e. The first-order valence-electron chi connectivity index (χ1n) is 15.1. The van der Waals surface area contributed by atoms with Gasteiger partial charge in [0.2, 0.25) is 29.5 Å². The quantitative estimate of drug-likeness (QED) is 0.160. The Balaban J connectivity index is 1.52. The van der Waals surface area contributed by atoms with Gasteiger partial charge in [-0.1, -0.05) is 56.3 Å². The van der Waals surface area contributed by atoms with E-state index in [1.54, 1.807) is 36.5 Å². The Morgan fingerprint density at radius 1 is 1.00 bits per heavy atom. The molecule has 1 aliphatic rings. The van der Waals surface area contributed by atoms with Crippen molar-refractivity contribution in [2.45, 2.75) is 70.1 Å². The minimum atomic E-state index is -1.55. The summed E-state index contributed by atoms with van der Waals surface area (Å²) in [4.78, 5) is 81.8. The molecule has 244 valence electrons. The van der Waals surface area contributed by atoms with Gasteiger partial charge in [0, 0.05) is 37.0 Å².